The Hall–Kier alpha value is 2.49. The van der Waals surface area contributed by atoms with Crippen molar-refractivity contribution in [3.63, 3.8) is 0 Å². The van der Waals surface area contributed by atoms with Crippen LogP contribution in [0.15, 0.2) is 0 Å². The van der Waals surface area contributed by atoms with Crippen molar-refractivity contribution in [2.75, 3.05) is 0 Å². The van der Waals surface area contributed by atoms with Crippen molar-refractivity contribution in [2.24, 2.45) is 0 Å². The van der Waals surface area contributed by atoms with Gasteiger partial charge in [-0.1, -0.05) is 0 Å². The van der Waals surface area contributed by atoms with Gasteiger partial charge in [-0.3, -0.25) is 0 Å². The SMILES string of the molecule is O[Si](O)(O)O.[Gd].[Y]. The second-order valence-corrected chi connectivity index (χ2v) is 1.80. The van der Waals surface area contributed by atoms with Gasteiger partial charge in [0.25, 0.3) is 0 Å². The minimum atomic E-state index is -4.61. The second-order valence-electron chi connectivity index (χ2n) is 0.600. The Morgan fingerprint density at radius 1 is 0.857 bits per heavy atom. The van der Waals surface area contributed by atoms with Gasteiger partial charge in [0, 0.05) is 72.6 Å². The summed E-state index contributed by atoms with van der Waals surface area (Å²) in [4.78, 5) is 29.3. The van der Waals surface area contributed by atoms with E-state index < -0.39 is 9.05 Å². The van der Waals surface area contributed by atoms with Gasteiger partial charge < -0.3 is 19.2 Å². The Labute approximate surface area is 99.0 Å². The molecule has 4 N–H and O–H groups in total. The summed E-state index contributed by atoms with van der Waals surface area (Å²) in [5.41, 5.74) is 0. The third kappa shape index (κ3) is 57.8. The summed E-state index contributed by atoms with van der Waals surface area (Å²) >= 11 is 0. The average molecular weight is 342 g/mol. The normalized spacial score (nSPS) is 8.57. The van der Waals surface area contributed by atoms with Crippen LogP contribution in [0.3, 0.4) is 0 Å². The molecule has 0 aromatic heterocycles. The zero-order valence-electron chi connectivity index (χ0n) is 3.22. The van der Waals surface area contributed by atoms with E-state index in [1.54, 1.807) is 0 Å². The van der Waals surface area contributed by atoms with Crippen LogP contribution in [0.4, 0.5) is 0 Å². The van der Waals surface area contributed by atoms with Crippen LogP contribution in [0.5, 0.6) is 0 Å². The van der Waals surface area contributed by atoms with Crippen LogP contribution in [0.2, 0.25) is 0 Å². The van der Waals surface area contributed by atoms with Gasteiger partial charge in [-0.15, -0.1) is 0 Å². The number of rotatable bonds is 0. The zero-order chi connectivity index (χ0) is 4.50. The molecule has 0 atom stereocenters. The third-order valence-corrected chi connectivity index (χ3v) is 0. The molecular formula is H4GdO4SiY. The smallest absolute Gasteiger partial charge is 0.368 e. The maximum Gasteiger partial charge on any atom is 0.668 e. The molecule has 1 radical (unpaired) electrons. The molecule has 0 aliphatic rings. The first-order valence-corrected chi connectivity index (χ1v) is 2.68. The molecule has 0 rings (SSSR count). The van der Waals surface area contributed by atoms with E-state index in [1.807, 2.05) is 0 Å². The molecule has 43 valence electrons. The van der Waals surface area contributed by atoms with E-state index in [9.17, 15) is 0 Å². The van der Waals surface area contributed by atoms with Crippen molar-refractivity contribution >= 4 is 9.05 Å². The van der Waals surface area contributed by atoms with Gasteiger partial charge in [0.2, 0.25) is 0 Å². The Morgan fingerprint density at radius 3 is 0.857 bits per heavy atom. The summed E-state index contributed by atoms with van der Waals surface area (Å²) in [6, 6.07) is 0. The summed E-state index contributed by atoms with van der Waals surface area (Å²) in [5.74, 6) is 0. The molecule has 7 heteroatoms. The fourth-order valence-corrected chi connectivity index (χ4v) is 0. The predicted octanol–water partition coefficient (Wildman–Crippen LogP) is -2.61. The summed E-state index contributed by atoms with van der Waals surface area (Å²) in [5, 5.41) is 0. The Balaban J connectivity index is -0.0000000800. The molecule has 0 amide bonds. The van der Waals surface area contributed by atoms with Crippen LogP contribution in [0, 0.1) is 39.9 Å². The minimum absolute atomic E-state index is 0. The standard InChI is InChI=1S/Gd.H4O4Si.Y/c;1-5(2,3)4;/h;1-4H;. The Kier molecular flexibility index (Phi) is 15.3. The van der Waals surface area contributed by atoms with Crippen molar-refractivity contribution in [1.29, 1.82) is 0 Å². The number of hydrogen-bond acceptors (Lipinski definition) is 4. The van der Waals surface area contributed by atoms with Crippen molar-refractivity contribution in [3.05, 3.63) is 0 Å². The molecule has 0 aromatic rings. The van der Waals surface area contributed by atoms with Crippen LogP contribution < -0.4 is 0 Å². The van der Waals surface area contributed by atoms with E-state index >= 15 is 0 Å². The molecule has 0 aliphatic carbocycles. The predicted molar refractivity (Wildman–Crippen MR) is 14.6 cm³/mol. The van der Waals surface area contributed by atoms with Gasteiger partial charge in [0.1, 0.15) is 0 Å². The Bertz CT molecular complexity index is 27.2. The Morgan fingerprint density at radius 2 is 0.857 bits per heavy atom. The van der Waals surface area contributed by atoms with Gasteiger partial charge in [0.05, 0.1) is 0 Å². The molecule has 0 heterocycles. The number of hydrogen-bond donors (Lipinski definition) is 4. The topological polar surface area (TPSA) is 80.9 Å². The van der Waals surface area contributed by atoms with Crippen LogP contribution in [-0.2, 0) is 32.7 Å². The molecule has 7 heavy (non-hydrogen) atoms. The molecule has 4 nitrogen and oxygen atoms in total. The van der Waals surface area contributed by atoms with E-state index in [-0.39, 0.29) is 72.6 Å². The summed E-state index contributed by atoms with van der Waals surface area (Å²) in [6.45, 7) is 0. The van der Waals surface area contributed by atoms with Crippen LogP contribution in [0.25, 0.3) is 0 Å². The molecule has 0 bridgehead atoms. The van der Waals surface area contributed by atoms with E-state index in [1.165, 1.54) is 0 Å². The third-order valence-electron chi connectivity index (χ3n) is 0. The van der Waals surface area contributed by atoms with Gasteiger partial charge in [-0.2, -0.15) is 0 Å². The van der Waals surface area contributed by atoms with E-state index in [2.05, 4.69) is 0 Å². The summed E-state index contributed by atoms with van der Waals surface area (Å²) in [6.07, 6.45) is 0. The molecule has 0 aromatic carbocycles. The summed E-state index contributed by atoms with van der Waals surface area (Å²) in [7, 11) is -4.61. The van der Waals surface area contributed by atoms with Gasteiger partial charge in [-0.25, -0.2) is 0 Å². The van der Waals surface area contributed by atoms with Gasteiger partial charge >= 0.3 is 9.05 Å². The zero-order valence-corrected chi connectivity index (χ0v) is 9.33. The first-order valence-electron chi connectivity index (χ1n) is 0.894. The maximum atomic E-state index is 7.33. The van der Waals surface area contributed by atoms with E-state index in [0.29, 0.717) is 0 Å². The molecule has 0 saturated heterocycles. The fraction of sp³-hybridized carbons (Fsp3) is 0. The van der Waals surface area contributed by atoms with Crippen LogP contribution in [0.1, 0.15) is 0 Å². The molecule has 0 saturated carbocycles. The van der Waals surface area contributed by atoms with Crippen molar-refractivity contribution in [2.45, 2.75) is 0 Å². The molecular weight excluding hydrogens is 338 g/mol. The summed E-state index contributed by atoms with van der Waals surface area (Å²) < 4.78 is 0. The molecule has 0 spiro atoms. The van der Waals surface area contributed by atoms with Crippen molar-refractivity contribution < 1.29 is 91.8 Å². The molecule has 0 unspecified atom stereocenters. The maximum absolute atomic E-state index is 7.33. The first kappa shape index (κ1) is 16.2. The first-order chi connectivity index (χ1) is 2.00. The average Bonchev–Trinajstić information content (AvgIpc) is 0.722. The monoisotopic (exact) mass is 343 g/mol. The molecule has 0 aliphatic heterocycles. The quantitative estimate of drug-likeness (QED) is 0.364. The minimum Gasteiger partial charge on any atom is -0.368 e. The van der Waals surface area contributed by atoms with Crippen LogP contribution >= 0.6 is 0 Å². The van der Waals surface area contributed by atoms with Gasteiger partial charge in [-0.05, 0) is 0 Å². The molecule has 0 fully saturated rings. The largest absolute Gasteiger partial charge is 0.668 e. The van der Waals surface area contributed by atoms with Crippen molar-refractivity contribution in [1.82, 2.24) is 0 Å². The second kappa shape index (κ2) is 6.60. The van der Waals surface area contributed by atoms with Crippen LogP contribution in [-0.4, -0.2) is 28.2 Å². The van der Waals surface area contributed by atoms with Crippen molar-refractivity contribution in [3.8, 4) is 0 Å². The van der Waals surface area contributed by atoms with E-state index in [4.69, 9.17) is 19.2 Å². The van der Waals surface area contributed by atoms with E-state index in [0.717, 1.165) is 0 Å². The fourth-order valence-electron chi connectivity index (χ4n) is 0. The van der Waals surface area contributed by atoms with Gasteiger partial charge in [0.15, 0.2) is 0 Å².